The summed E-state index contributed by atoms with van der Waals surface area (Å²) in [5.74, 6) is -0.812. The highest BCUT2D eigenvalue weighted by Crippen LogP contribution is 2.35. The van der Waals surface area contributed by atoms with Gasteiger partial charge >= 0.3 is 0 Å². The summed E-state index contributed by atoms with van der Waals surface area (Å²) in [5.41, 5.74) is 1.99. The summed E-state index contributed by atoms with van der Waals surface area (Å²) in [6.45, 7) is 3.43. The van der Waals surface area contributed by atoms with Gasteiger partial charge < -0.3 is 19.9 Å². The number of nitrogens with one attached hydrogen (secondary N) is 1. The van der Waals surface area contributed by atoms with Crippen LogP contribution < -0.4 is 10.9 Å². The largest absolute Gasteiger partial charge is 0.481 e. The third-order valence-electron chi connectivity index (χ3n) is 6.05. The van der Waals surface area contributed by atoms with Crippen molar-refractivity contribution in [2.45, 2.75) is 45.1 Å². The van der Waals surface area contributed by atoms with Gasteiger partial charge in [0, 0.05) is 63.6 Å². The number of amides is 2. The predicted octanol–water partition coefficient (Wildman–Crippen LogP) is 2.16. The summed E-state index contributed by atoms with van der Waals surface area (Å²) in [6, 6.07) is 11.5. The number of aromatic nitrogens is 1. The van der Waals surface area contributed by atoms with Gasteiger partial charge in [-0.2, -0.15) is 0 Å². The number of fused-ring (bicyclic) bond motifs is 4. The van der Waals surface area contributed by atoms with E-state index in [0.717, 1.165) is 24.6 Å². The highest BCUT2D eigenvalue weighted by atomic mass is 19.1. The molecule has 2 aliphatic rings. The molecule has 0 aliphatic carbocycles. The van der Waals surface area contributed by atoms with E-state index < -0.39 is 5.97 Å². The number of rotatable bonds is 6. The summed E-state index contributed by atoms with van der Waals surface area (Å²) in [7, 11) is 0. The van der Waals surface area contributed by atoms with Crippen molar-refractivity contribution in [3.05, 3.63) is 69.9 Å². The standard InChI is InChI=1S/C23H26FN3O3.C2H4O2/c24-19-6-4-16(5-7-19)10-11-25-21(28)8-9-22(29)26-13-17-12-18(15-26)20-2-1-3-23(30)27(20)14-17;1-2(3)4/h1-7,17-18H,8-15H2,(H,25,28);1H3,(H,3,4). The first kappa shape index (κ1) is 25.1. The van der Waals surface area contributed by atoms with E-state index in [1.54, 1.807) is 24.3 Å². The van der Waals surface area contributed by atoms with Crippen molar-refractivity contribution in [2.75, 3.05) is 19.6 Å². The molecule has 182 valence electrons. The Hall–Kier alpha value is -3.49. The number of carbonyl (C=O) groups is 3. The molecule has 0 saturated carbocycles. The lowest BCUT2D eigenvalue weighted by molar-refractivity contribution is -0.136. The Kier molecular flexibility index (Phi) is 8.56. The number of likely N-dealkylation sites (tertiary alicyclic amines) is 1. The summed E-state index contributed by atoms with van der Waals surface area (Å²) in [6.07, 6.45) is 1.96. The first-order valence-electron chi connectivity index (χ1n) is 11.4. The van der Waals surface area contributed by atoms with E-state index in [-0.39, 0.29) is 47.9 Å². The number of piperidine rings is 1. The fraction of sp³-hybridized carbons (Fsp3) is 0.440. The Labute approximate surface area is 197 Å². The van der Waals surface area contributed by atoms with Gasteiger partial charge in [-0.15, -0.1) is 0 Å². The molecule has 1 aromatic carbocycles. The number of halogens is 1. The molecule has 1 aromatic heterocycles. The number of benzene rings is 1. The number of hydrogen-bond donors (Lipinski definition) is 2. The number of pyridine rings is 1. The Balaban J connectivity index is 0.000000751. The van der Waals surface area contributed by atoms with Gasteiger partial charge in [0.05, 0.1) is 0 Å². The topological polar surface area (TPSA) is 109 Å². The minimum atomic E-state index is -0.833. The van der Waals surface area contributed by atoms with Gasteiger partial charge in [0.25, 0.3) is 11.5 Å². The highest BCUT2D eigenvalue weighted by Gasteiger charge is 2.36. The molecule has 9 heteroatoms. The van der Waals surface area contributed by atoms with Crippen LogP contribution in [0.3, 0.4) is 0 Å². The predicted molar refractivity (Wildman–Crippen MR) is 124 cm³/mol. The average Bonchev–Trinajstić information content (AvgIpc) is 2.79. The first-order chi connectivity index (χ1) is 16.2. The van der Waals surface area contributed by atoms with Crippen LogP contribution in [0.15, 0.2) is 47.3 Å². The van der Waals surface area contributed by atoms with Crippen molar-refractivity contribution in [3.8, 4) is 0 Å². The van der Waals surface area contributed by atoms with Gasteiger partial charge in [-0.3, -0.25) is 19.2 Å². The smallest absolute Gasteiger partial charge is 0.300 e. The number of aliphatic carboxylic acids is 1. The van der Waals surface area contributed by atoms with E-state index in [0.29, 0.717) is 32.6 Å². The molecule has 2 aromatic rings. The molecule has 8 nitrogen and oxygen atoms in total. The first-order valence-corrected chi connectivity index (χ1v) is 11.4. The molecule has 2 N–H and O–H groups in total. The maximum Gasteiger partial charge on any atom is 0.300 e. The molecule has 34 heavy (non-hydrogen) atoms. The maximum atomic E-state index is 12.9. The zero-order valence-corrected chi connectivity index (χ0v) is 19.2. The lowest BCUT2D eigenvalue weighted by Crippen LogP contribution is -2.49. The fourth-order valence-electron chi connectivity index (χ4n) is 4.56. The van der Waals surface area contributed by atoms with E-state index >= 15 is 0 Å². The highest BCUT2D eigenvalue weighted by molar-refractivity contribution is 5.83. The van der Waals surface area contributed by atoms with Gasteiger partial charge in [0.1, 0.15) is 5.82 Å². The quantitative estimate of drug-likeness (QED) is 0.671. The van der Waals surface area contributed by atoms with Crippen LogP contribution in [-0.2, 0) is 27.3 Å². The monoisotopic (exact) mass is 471 g/mol. The second-order valence-corrected chi connectivity index (χ2v) is 8.74. The van der Waals surface area contributed by atoms with Crippen molar-refractivity contribution in [3.63, 3.8) is 0 Å². The van der Waals surface area contributed by atoms with E-state index in [1.165, 1.54) is 12.1 Å². The van der Waals surface area contributed by atoms with Crippen LogP contribution in [-0.4, -0.2) is 52.0 Å². The lowest BCUT2D eigenvalue weighted by Gasteiger charge is -2.42. The Bertz CT molecular complexity index is 1080. The van der Waals surface area contributed by atoms with Crippen LogP contribution >= 0.6 is 0 Å². The number of carboxylic acid groups (broad SMARTS) is 1. The normalized spacial score (nSPS) is 18.2. The van der Waals surface area contributed by atoms with Gasteiger partial charge in [0.15, 0.2) is 0 Å². The van der Waals surface area contributed by atoms with Gasteiger partial charge in [-0.25, -0.2) is 4.39 Å². The van der Waals surface area contributed by atoms with Crippen LogP contribution in [0.5, 0.6) is 0 Å². The van der Waals surface area contributed by atoms with Crippen molar-refractivity contribution in [2.24, 2.45) is 5.92 Å². The molecule has 2 amide bonds. The molecule has 1 saturated heterocycles. The van der Waals surface area contributed by atoms with Crippen molar-refractivity contribution >= 4 is 17.8 Å². The molecular formula is C25H30FN3O5. The van der Waals surface area contributed by atoms with E-state index in [1.807, 2.05) is 15.5 Å². The van der Waals surface area contributed by atoms with E-state index in [4.69, 9.17) is 9.90 Å². The van der Waals surface area contributed by atoms with Crippen LogP contribution in [0.4, 0.5) is 4.39 Å². The van der Waals surface area contributed by atoms with Gasteiger partial charge in [0.2, 0.25) is 11.8 Å². The fourth-order valence-corrected chi connectivity index (χ4v) is 4.56. The Morgan fingerprint density at radius 2 is 1.76 bits per heavy atom. The second kappa shape index (κ2) is 11.6. The van der Waals surface area contributed by atoms with Crippen LogP contribution in [0.25, 0.3) is 0 Å². The molecule has 0 spiro atoms. The Morgan fingerprint density at radius 3 is 2.47 bits per heavy atom. The summed E-state index contributed by atoms with van der Waals surface area (Å²) in [5, 5.41) is 10.2. The van der Waals surface area contributed by atoms with E-state index in [9.17, 15) is 18.8 Å². The molecular weight excluding hydrogens is 441 g/mol. The summed E-state index contributed by atoms with van der Waals surface area (Å²) < 4.78 is 14.8. The second-order valence-electron chi connectivity index (χ2n) is 8.74. The van der Waals surface area contributed by atoms with Crippen LogP contribution in [0, 0.1) is 11.7 Å². The van der Waals surface area contributed by atoms with Crippen LogP contribution in [0.2, 0.25) is 0 Å². The Morgan fingerprint density at radius 1 is 1.06 bits per heavy atom. The zero-order valence-electron chi connectivity index (χ0n) is 19.2. The molecule has 2 atom stereocenters. The lowest BCUT2D eigenvalue weighted by atomic mass is 9.83. The van der Waals surface area contributed by atoms with Crippen molar-refractivity contribution < 1.29 is 23.9 Å². The minimum absolute atomic E-state index is 0.00915. The summed E-state index contributed by atoms with van der Waals surface area (Å²) >= 11 is 0. The number of carboxylic acids is 1. The molecule has 2 unspecified atom stereocenters. The minimum Gasteiger partial charge on any atom is -0.481 e. The third-order valence-corrected chi connectivity index (χ3v) is 6.05. The molecule has 1 fully saturated rings. The molecule has 3 heterocycles. The molecule has 4 rings (SSSR count). The van der Waals surface area contributed by atoms with Crippen molar-refractivity contribution in [1.29, 1.82) is 0 Å². The average molecular weight is 472 g/mol. The SMILES string of the molecule is CC(=O)O.O=C(CCC(=O)N1CC2CC(C1)c1cccc(=O)n1C2)NCCc1ccc(F)cc1. The molecule has 2 aliphatic heterocycles. The van der Waals surface area contributed by atoms with Crippen LogP contribution in [0.1, 0.15) is 43.4 Å². The maximum absolute atomic E-state index is 12.9. The van der Waals surface area contributed by atoms with Crippen molar-refractivity contribution in [1.82, 2.24) is 14.8 Å². The van der Waals surface area contributed by atoms with Gasteiger partial charge in [-0.05, 0) is 42.5 Å². The third kappa shape index (κ3) is 7.00. The van der Waals surface area contributed by atoms with E-state index in [2.05, 4.69) is 5.32 Å². The summed E-state index contributed by atoms with van der Waals surface area (Å²) in [4.78, 5) is 47.7. The van der Waals surface area contributed by atoms with Gasteiger partial charge in [-0.1, -0.05) is 18.2 Å². The number of hydrogen-bond acceptors (Lipinski definition) is 4. The number of carbonyl (C=O) groups excluding carboxylic acids is 2. The molecule has 2 bridgehead atoms. The number of nitrogens with zero attached hydrogens (tertiary/aromatic N) is 2. The zero-order chi connectivity index (χ0) is 24.7. The molecule has 0 radical (unpaired) electrons.